The number of rotatable bonds is 6. The molecular formula is C12H17N3O5. The van der Waals surface area contributed by atoms with Gasteiger partial charge in [-0.25, -0.2) is 0 Å². The summed E-state index contributed by atoms with van der Waals surface area (Å²) < 4.78 is 10.1. The Bertz CT molecular complexity index is 518. The molecule has 0 fully saturated rings. The molecule has 8 nitrogen and oxygen atoms in total. The van der Waals surface area contributed by atoms with Crippen LogP contribution in [0, 0.1) is 0 Å². The van der Waals surface area contributed by atoms with Crippen molar-refractivity contribution < 1.29 is 24.2 Å². The quantitative estimate of drug-likeness (QED) is 0.487. The summed E-state index contributed by atoms with van der Waals surface area (Å²) in [5.41, 5.74) is 10.9. The molecule has 2 amide bonds. The van der Waals surface area contributed by atoms with E-state index in [1.165, 1.54) is 26.4 Å². The Morgan fingerprint density at radius 2 is 2.00 bits per heavy atom. The Balaban J connectivity index is 2.94. The molecule has 8 heteroatoms. The average molecular weight is 283 g/mol. The number of ether oxygens (including phenoxy) is 2. The SMILES string of the molecule is COc1cc(OC)c(N)c(C(=O)NCC(O)C(N)=O)c1. The first-order valence-corrected chi connectivity index (χ1v) is 5.67. The fourth-order valence-corrected chi connectivity index (χ4v) is 1.46. The van der Waals surface area contributed by atoms with Crippen LogP contribution in [0.15, 0.2) is 12.1 Å². The molecule has 0 spiro atoms. The van der Waals surface area contributed by atoms with Crippen molar-refractivity contribution in [3.63, 3.8) is 0 Å². The topological polar surface area (TPSA) is 137 Å². The highest BCUT2D eigenvalue weighted by Gasteiger charge is 2.18. The predicted octanol–water partition coefficient (Wildman–Crippen LogP) is -1.14. The number of carbonyl (C=O) groups excluding carboxylic acids is 2. The van der Waals surface area contributed by atoms with Crippen LogP contribution in [0.2, 0.25) is 0 Å². The molecule has 1 aromatic carbocycles. The minimum Gasteiger partial charge on any atom is -0.497 e. The highest BCUT2D eigenvalue weighted by Crippen LogP contribution is 2.30. The normalized spacial score (nSPS) is 11.6. The zero-order chi connectivity index (χ0) is 15.3. The predicted molar refractivity (Wildman–Crippen MR) is 71.5 cm³/mol. The lowest BCUT2D eigenvalue weighted by molar-refractivity contribution is -0.125. The third-order valence-electron chi connectivity index (χ3n) is 2.60. The second-order valence-corrected chi connectivity index (χ2v) is 3.92. The lowest BCUT2D eigenvalue weighted by atomic mass is 10.1. The molecular weight excluding hydrogens is 266 g/mol. The van der Waals surface area contributed by atoms with E-state index in [-0.39, 0.29) is 23.5 Å². The van der Waals surface area contributed by atoms with Crippen molar-refractivity contribution in [3.05, 3.63) is 17.7 Å². The van der Waals surface area contributed by atoms with Crippen molar-refractivity contribution in [1.82, 2.24) is 5.32 Å². The van der Waals surface area contributed by atoms with E-state index < -0.39 is 17.9 Å². The number of nitrogens with two attached hydrogens (primary N) is 2. The summed E-state index contributed by atoms with van der Waals surface area (Å²) in [6.45, 7) is -0.312. The van der Waals surface area contributed by atoms with Gasteiger partial charge in [-0.3, -0.25) is 9.59 Å². The van der Waals surface area contributed by atoms with E-state index in [0.29, 0.717) is 5.75 Å². The first-order chi connectivity index (χ1) is 9.40. The molecule has 0 aliphatic carbocycles. The van der Waals surface area contributed by atoms with Gasteiger partial charge in [0.15, 0.2) is 0 Å². The number of carbonyl (C=O) groups is 2. The molecule has 20 heavy (non-hydrogen) atoms. The molecule has 0 saturated carbocycles. The van der Waals surface area contributed by atoms with Crippen LogP contribution in [0.4, 0.5) is 5.69 Å². The van der Waals surface area contributed by atoms with Crippen molar-refractivity contribution in [1.29, 1.82) is 0 Å². The van der Waals surface area contributed by atoms with E-state index in [9.17, 15) is 14.7 Å². The minimum absolute atomic E-state index is 0.109. The van der Waals surface area contributed by atoms with E-state index in [1.54, 1.807) is 0 Å². The Kier molecular flexibility index (Phi) is 5.15. The van der Waals surface area contributed by atoms with E-state index in [0.717, 1.165) is 0 Å². The number of methoxy groups -OCH3 is 2. The summed E-state index contributed by atoms with van der Waals surface area (Å²) in [5, 5.41) is 11.6. The number of nitrogens with one attached hydrogen (secondary N) is 1. The molecule has 0 bridgehead atoms. The summed E-state index contributed by atoms with van der Waals surface area (Å²) in [7, 11) is 2.84. The molecule has 1 aromatic rings. The highest BCUT2D eigenvalue weighted by atomic mass is 16.5. The third-order valence-corrected chi connectivity index (χ3v) is 2.60. The van der Waals surface area contributed by atoms with Gasteiger partial charge in [-0.2, -0.15) is 0 Å². The molecule has 1 rings (SSSR count). The van der Waals surface area contributed by atoms with Crippen molar-refractivity contribution in [3.8, 4) is 11.5 Å². The van der Waals surface area contributed by atoms with Crippen LogP contribution < -0.4 is 26.3 Å². The van der Waals surface area contributed by atoms with E-state index in [2.05, 4.69) is 5.32 Å². The van der Waals surface area contributed by atoms with Crippen LogP contribution in [-0.2, 0) is 4.79 Å². The Labute approximate surface area is 115 Å². The molecule has 6 N–H and O–H groups in total. The number of primary amides is 1. The van der Waals surface area contributed by atoms with Crippen LogP contribution in [-0.4, -0.2) is 43.8 Å². The molecule has 0 aromatic heterocycles. The van der Waals surface area contributed by atoms with Gasteiger partial charge in [-0.05, 0) is 6.07 Å². The number of anilines is 1. The van der Waals surface area contributed by atoms with Crippen LogP contribution in [0.5, 0.6) is 11.5 Å². The Morgan fingerprint density at radius 1 is 1.35 bits per heavy atom. The van der Waals surface area contributed by atoms with Crippen molar-refractivity contribution >= 4 is 17.5 Å². The number of aliphatic hydroxyl groups is 1. The second-order valence-electron chi connectivity index (χ2n) is 3.92. The van der Waals surface area contributed by atoms with Gasteiger partial charge in [0.25, 0.3) is 5.91 Å². The minimum atomic E-state index is -1.47. The van der Waals surface area contributed by atoms with Gasteiger partial charge >= 0.3 is 0 Å². The monoisotopic (exact) mass is 283 g/mol. The Morgan fingerprint density at radius 3 is 2.50 bits per heavy atom. The fraction of sp³-hybridized carbons (Fsp3) is 0.333. The number of amides is 2. The van der Waals surface area contributed by atoms with E-state index in [4.69, 9.17) is 20.9 Å². The summed E-state index contributed by atoms with van der Waals surface area (Å²) >= 11 is 0. The molecule has 0 radical (unpaired) electrons. The van der Waals surface area contributed by atoms with Gasteiger partial charge in [-0.15, -0.1) is 0 Å². The van der Waals surface area contributed by atoms with E-state index in [1.807, 2.05) is 0 Å². The smallest absolute Gasteiger partial charge is 0.253 e. The van der Waals surface area contributed by atoms with Gasteiger partial charge in [0.05, 0.1) is 32.0 Å². The maximum Gasteiger partial charge on any atom is 0.253 e. The van der Waals surface area contributed by atoms with E-state index >= 15 is 0 Å². The molecule has 0 aliphatic rings. The first kappa shape index (κ1) is 15.6. The Hall–Kier alpha value is -2.48. The van der Waals surface area contributed by atoms with Crippen LogP contribution >= 0.6 is 0 Å². The number of hydrogen-bond acceptors (Lipinski definition) is 6. The molecule has 0 aliphatic heterocycles. The van der Waals surface area contributed by atoms with Gasteiger partial charge in [0.2, 0.25) is 5.91 Å². The van der Waals surface area contributed by atoms with Gasteiger partial charge in [0, 0.05) is 6.07 Å². The first-order valence-electron chi connectivity index (χ1n) is 5.67. The lowest BCUT2D eigenvalue weighted by Gasteiger charge is -2.13. The zero-order valence-electron chi connectivity index (χ0n) is 11.2. The summed E-state index contributed by atoms with van der Waals surface area (Å²) in [6.07, 6.45) is -1.47. The molecule has 1 unspecified atom stereocenters. The van der Waals surface area contributed by atoms with Gasteiger partial charge in [-0.1, -0.05) is 0 Å². The van der Waals surface area contributed by atoms with Gasteiger partial charge in [0.1, 0.15) is 17.6 Å². The summed E-state index contributed by atoms with van der Waals surface area (Å²) in [6, 6.07) is 2.95. The van der Waals surface area contributed by atoms with Crippen LogP contribution in [0.3, 0.4) is 0 Å². The maximum atomic E-state index is 12.0. The number of hydrogen-bond donors (Lipinski definition) is 4. The van der Waals surface area contributed by atoms with Crippen LogP contribution in [0.25, 0.3) is 0 Å². The molecule has 0 heterocycles. The lowest BCUT2D eigenvalue weighted by Crippen LogP contribution is -2.40. The summed E-state index contributed by atoms with van der Waals surface area (Å²) in [4.78, 5) is 22.6. The highest BCUT2D eigenvalue weighted by molar-refractivity contribution is 6.01. The fourth-order valence-electron chi connectivity index (χ4n) is 1.46. The van der Waals surface area contributed by atoms with Gasteiger partial charge < -0.3 is 31.4 Å². The second kappa shape index (κ2) is 6.62. The number of benzene rings is 1. The van der Waals surface area contributed by atoms with Crippen LogP contribution in [0.1, 0.15) is 10.4 Å². The largest absolute Gasteiger partial charge is 0.497 e. The maximum absolute atomic E-state index is 12.0. The number of nitrogen functional groups attached to an aromatic ring is 1. The zero-order valence-corrected chi connectivity index (χ0v) is 11.2. The van der Waals surface area contributed by atoms with Crippen molar-refractivity contribution in [2.45, 2.75) is 6.10 Å². The molecule has 1 atom stereocenters. The average Bonchev–Trinajstić information content (AvgIpc) is 2.44. The van der Waals surface area contributed by atoms with Crippen molar-refractivity contribution in [2.24, 2.45) is 5.73 Å². The number of aliphatic hydroxyl groups excluding tert-OH is 1. The summed E-state index contributed by atoms with van der Waals surface area (Å²) in [5.74, 6) is -0.844. The molecule has 110 valence electrons. The third kappa shape index (κ3) is 3.51. The van der Waals surface area contributed by atoms with Crippen molar-refractivity contribution in [2.75, 3.05) is 26.5 Å². The molecule has 0 saturated heterocycles. The standard InChI is InChI=1S/C12H17N3O5/c1-19-6-3-7(10(13)9(4-6)20-2)12(18)15-5-8(16)11(14)17/h3-4,8,16H,5,13H2,1-2H3,(H2,14,17)(H,15,18).